The third-order valence-corrected chi connectivity index (χ3v) is 5.04. The Bertz CT molecular complexity index is 710. The van der Waals surface area contributed by atoms with Crippen LogP contribution >= 0.6 is 11.3 Å². The summed E-state index contributed by atoms with van der Waals surface area (Å²) in [5.41, 5.74) is 13.4. The molecule has 0 radical (unpaired) electrons. The molecule has 2 aromatic rings. The first-order valence-corrected chi connectivity index (χ1v) is 10.7. The van der Waals surface area contributed by atoms with Crippen LogP contribution in [0.25, 0.3) is 0 Å². The summed E-state index contributed by atoms with van der Waals surface area (Å²) in [6, 6.07) is 5.70. The summed E-state index contributed by atoms with van der Waals surface area (Å²) in [6.45, 7) is 10.6. The van der Waals surface area contributed by atoms with Gasteiger partial charge in [0.15, 0.2) is 0 Å². The van der Waals surface area contributed by atoms with Gasteiger partial charge in [0, 0.05) is 10.9 Å². The van der Waals surface area contributed by atoms with E-state index in [1.54, 1.807) is 18.4 Å². The smallest absolute Gasteiger partial charge is 0.122 e. The summed E-state index contributed by atoms with van der Waals surface area (Å²) in [5, 5.41) is 10.9. The van der Waals surface area contributed by atoms with Crippen LogP contribution in [-0.4, -0.2) is 25.0 Å². The number of thiazole rings is 1. The van der Waals surface area contributed by atoms with Gasteiger partial charge >= 0.3 is 0 Å². The average Bonchev–Trinajstić information content (AvgIpc) is 3.08. The van der Waals surface area contributed by atoms with Crippen molar-refractivity contribution in [1.82, 2.24) is 4.98 Å². The number of nitrogens with zero attached hydrogens (tertiary/aromatic N) is 1. The molecule has 0 atom stereocenters. The predicted molar refractivity (Wildman–Crippen MR) is 123 cm³/mol. The number of nitrogen functional groups attached to an aromatic ring is 1. The van der Waals surface area contributed by atoms with Crippen molar-refractivity contribution in [2.24, 2.45) is 16.9 Å². The van der Waals surface area contributed by atoms with Crippen LogP contribution in [0.15, 0.2) is 23.6 Å². The molecule has 158 valence electrons. The van der Waals surface area contributed by atoms with Gasteiger partial charge in [-0.15, -0.1) is 11.3 Å². The van der Waals surface area contributed by atoms with Gasteiger partial charge in [0.2, 0.25) is 0 Å². The van der Waals surface area contributed by atoms with Crippen molar-refractivity contribution >= 4 is 17.2 Å². The number of amidine groups is 1. The molecule has 5 nitrogen and oxygen atoms in total. The molecule has 6 heteroatoms. The number of methoxy groups -OCH3 is 1. The number of benzene rings is 1. The van der Waals surface area contributed by atoms with Crippen molar-refractivity contribution in [3.8, 4) is 5.75 Å². The number of hydrogen-bond donors (Lipinski definition) is 3. The largest absolute Gasteiger partial charge is 0.496 e. The first-order chi connectivity index (χ1) is 13.3. The van der Waals surface area contributed by atoms with Crippen LogP contribution in [-0.2, 0) is 12.8 Å². The third kappa shape index (κ3) is 8.85. The number of hydrogen-bond acceptors (Lipinski definition) is 5. The molecular weight excluding hydrogens is 368 g/mol. The van der Waals surface area contributed by atoms with Gasteiger partial charge in [0.05, 0.1) is 17.8 Å². The highest BCUT2D eigenvalue weighted by Gasteiger charge is 2.20. The van der Waals surface area contributed by atoms with E-state index >= 15 is 0 Å². The summed E-state index contributed by atoms with van der Waals surface area (Å²) in [6.07, 6.45) is 4.09. The Morgan fingerprint density at radius 2 is 1.89 bits per heavy atom. The van der Waals surface area contributed by atoms with E-state index in [0.717, 1.165) is 47.6 Å². The van der Waals surface area contributed by atoms with E-state index in [9.17, 15) is 0 Å². The van der Waals surface area contributed by atoms with Crippen LogP contribution in [0.3, 0.4) is 0 Å². The number of nitrogens with one attached hydrogen (secondary N) is 1. The van der Waals surface area contributed by atoms with E-state index in [4.69, 9.17) is 15.9 Å². The van der Waals surface area contributed by atoms with E-state index in [2.05, 4.69) is 36.9 Å². The summed E-state index contributed by atoms with van der Waals surface area (Å²) in [7, 11) is 3.18. The topological polar surface area (TPSA) is 98.0 Å². The lowest BCUT2D eigenvalue weighted by molar-refractivity contribution is 0.319. The third-order valence-electron chi connectivity index (χ3n) is 4.22. The molecular formula is C22H38N4OS. The Morgan fingerprint density at radius 3 is 2.39 bits per heavy atom. The lowest BCUT2D eigenvalue weighted by atomic mass is 9.82. The zero-order chi connectivity index (χ0) is 21.7. The molecule has 28 heavy (non-hydrogen) atoms. The lowest BCUT2D eigenvalue weighted by Gasteiger charge is -2.24. The number of aromatic nitrogens is 1. The monoisotopic (exact) mass is 406 g/mol. The second-order valence-corrected chi connectivity index (χ2v) is 8.05. The van der Waals surface area contributed by atoms with Crippen molar-refractivity contribution in [3.63, 3.8) is 0 Å². The molecule has 0 amide bonds. The molecule has 0 saturated carbocycles. The van der Waals surface area contributed by atoms with Crippen LogP contribution in [0.4, 0.5) is 0 Å². The molecule has 0 bridgehead atoms. The Balaban J connectivity index is 0.00000171. The zero-order valence-electron chi connectivity index (χ0n) is 18.6. The molecule has 1 heterocycles. The molecule has 2 rings (SSSR count). The molecule has 5 N–H and O–H groups in total. The highest BCUT2D eigenvalue weighted by atomic mass is 32.1. The fourth-order valence-electron chi connectivity index (χ4n) is 2.97. The van der Waals surface area contributed by atoms with Gasteiger partial charge in [-0.1, -0.05) is 27.7 Å². The SMILES string of the molecule is CC.CN.COc1ccc(C(=N)N)cc1CCCC(C)(C)Cc1csc(C)n1. The molecule has 0 spiro atoms. The average molecular weight is 407 g/mol. The fourth-order valence-corrected chi connectivity index (χ4v) is 3.58. The van der Waals surface area contributed by atoms with Gasteiger partial charge in [-0.25, -0.2) is 4.98 Å². The van der Waals surface area contributed by atoms with Crippen molar-refractivity contribution < 1.29 is 4.74 Å². The second-order valence-electron chi connectivity index (χ2n) is 6.99. The van der Waals surface area contributed by atoms with Crippen molar-refractivity contribution in [2.45, 2.75) is 60.3 Å². The number of rotatable bonds is 8. The van der Waals surface area contributed by atoms with Gasteiger partial charge in [-0.3, -0.25) is 5.41 Å². The Labute approximate surface area is 175 Å². The predicted octanol–water partition coefficient (Wildman–Crippen LogP) is 4.94. The van der Waals surface area contributed by atoms with Gasteiger partial charge in [-0.2, -0.15) is 0 Å². The van der Waals surface area contributed by atoms with Crippen molar-refractivity contribution in [3.05, 3.63) is 45.4 Å². The highest BCUT2D eigenvalue weighted by molar-refractivity contribution is 7.09. The lowest BCUT2D eigenvalue weighted by Crippen LogP contribution is -2.16. The number of nitrogens with two attached hydrogens (primary N) is 2. The maximum atomic E-state index is 7.59. The fraction of sp³-hybridized carbons (Fsp3) is 0.545. The Hall–Kier alpha value is -1.92. The van der Waals surface area contributed by atoms with Crippen molar-refractivity contribution in [2.75, 3.05) is 14.2 Å². The summed E-state index contributed by atoms with van der Waals surface area (Å²) in [4.78, 5) is 4.58. The first kappa shape index (κ1) is 26.1. The molecule has 1 aromatic carbocycles. The van der Waals surface area contributed by atoms with E-state index in [-0.39, 0.29) is 11.3 Å². The highest BCUT2D eigenvalue weighted by Crippen LogP contribution is 2.30. The van der Waals surface area contributed by atoms with Crippen LogP contribution in [0.2, 0.25) is 0 Å². The quantitative estimate of drug-likeness (QED) is 0.427. The first-order valence-electron chi connectivity index (χ1n) is 9.81. The summed E-state index contributed by atoms with van der Waals surface area (Å²) in [5.74, 6) is 0.964. The minimum atomic E-state index is 0.0955. The van der Waals surface area contributed by atoms with Crippen molar-refractivity contribution in [1.29, 1.82) is 5.41 Å². The molecule has 0 aliphatic rings. The number of aryl methyl sites for hydroxylation is 2. The summed E-state index contributed by atoms with van der Waals surface area (Å²) >= 11 is 1.72. The Kier molecular flexibility index (Phi) is 12.4. The maximum absolute atomic E-state index is 7.59. The van der Waals surface area contributed by atoms with E-state index in [0.29, 0.717) is 0 Å². The van der Waals surface area contributed by atoms with Gasteiger partial charge in [0.1, 0.15) is 11.6 Å². The molecule has 0 unspecified atom stereocenters. The molecule has 1 aromatic heterocycles. The van der Waals surface area contributed by atoms with E-state index < -0.39 is 0 Å². The van der Waals surface area contributed by atoms with Gasteiger partial charge in [-0.05, 0) is 68.8 Å². The minimum absolute atomic E-state index is 0.0955. The van der Waals surface area contributed by atoms with Crippen LogP contribution in [0.1, 0.15) is 62.4 Å². The number of ether oxygens (including phenoxy) is 1. The van der Waals surface area contributed by atoms with Crippen LogP contribution < -0.4 is 16.2 Å². The standard InChI is InChI=1S/C19H27N3OS.C2H6.CH5N/c1-13-22-16(12-24-13)11-19(2,3)9-5-6-14-10-15(18(20)21)7-8-17(14)23-4;2*1-2/h7-8,10,12H,5-6,9,11H2,1-4H3,(H3,20,21);1-2H3;2H2,1H3. The second kappa shape index (κ2) is 13.3. The van der Waals surface area contributed by atoms with E-state index in [1.807, 2.05) is 32.0 Å². The summed E-state index contributed by atoms with van der Waals surface area (Å²) < 4.78 is 5.44. The molecule has 0 fully saturated rings. The molecule has 0 aliphatic heterocycles. The van der Waals surface area contributed by atoms with Crippen LogP contribution in [0.5, 0.6) is 5.75 Å². The van der Waals surface area contributed by atoms with Crippen LogP contribution in [0, 0.1) is 17.7 Å². The van der Waals surface area contributed by atoms with E-state index in [1.165, 1.54) is 12.7 Å². The zero-order valence-corrected chi connectivity index (χ0v) is 19.4. The molecule has 0 saturated heterocycles. The normalized spacial score (nSPS) is 10.3. The van der Waals surface area contributed by atoms with Gasteiger partial charge in [0.25, 0.3) is 0 Å². The van der Waals surface area contributed by atoms with Gasteiger partial charge < -0.3 is 16.2 Å². The maximum Gasteiger partial charge on any atom is 0.122 e. The Morgan fingerprint density at radius 1 is 1.25 bits per heavy atom. The minimum Gasteiger partial charge on any atom is -0.496 e. The molecule has 0 aliphatic carbocycles.